The summed E-state index contributed by atoms with van der Waals surface area (Å²) in [6.45, 7) is 1.08. The Morgan fingerprint density at radius 2 is 2.38 bits per heavy atom. The second-order valence-electron chi connectivity index (χ2n) is 3.09. The molecular formula is C9H16N2O2. The van der Waals surface area contributed by atoms with Gasteiger partial charge in [-0.3, -0.25) is 0 Å². The summed E-state index contributed by atoms with van der Waals surface area (Å²) in [4.78, 5) is 11.0. The van der Waals surface area contributed by atoms with Crippen LogP contribution in [0, 0.1) is 5.92 Å². The Labute approximate surface area is 78.3 Å². The summed E-state index contributed by atoms with van der Waals surface area (Å²) in [5.41, 5.74) is 0. The molecule has 1 saturated carbocycles. The maximum Gasteiger partial charge on any atom is 0.318 e. The van der Waals surface area contributed by atoms with Crippen LogP contribution < -0.4 is 10.6 Å². The molecule has 0 spiro atoms. The zero-order chi connectivity index (χ0) is 9.52. The first-order valence-corrected chi connectivity index (χ1v) is 4.53. The summed E-state index contributed by atoms with van der Waals surface area (Å²) in [7, 11) is 1.60. The van der Waals surface area contributed by atoms with E-state index in [4.69, 9.17) is 4.74 Å². The average Bonchev–Trinajstić information content (AvgIpc) is 2.89. The van der Waals surface area contributed by atoms with E-state index in [1.807, 2.05) is 6.08 Å². The normalized spacial score (nSPS) is 16.1. The molecule has 4 nitrogen and oxygen atoms in total. The van der Waals surface area contributed by atoms with Crippen molar-refractivity contribution in [3.8, 4) is 0 Å². The Morgan fingerprint density at radius 1 is 1.62 bits per heavy atom. The summed E-state index contributed by atoms with van der Waals surface area (Å²) in [6, 6.07) is -0.172. The van der Waals surface area contributed by atoms with Crippen LogP contribution in [0.15, 0.2) is 12.3 Å². The van der Waals surface area contributed by atoms with Crippen molar-refractivity contribution in [2.45, 2.75) is 12.8 Å². The molecule has 0 atom stereocenters. The van der Waals surface area contributed by atoms with Gasteiger partial charge in [0.25, 0.3) is 0 Å². The van der Waals surface area contributed by atoms with E-state index in [0.717, 1.165) is 0 Å². The zero-order valence-electron chi connectivity index (χ0n) is 7.88. The summed E-state index contributed by atoms with van der Waals surface area (Å²) in [5.74, 6) is 0.694. The summed E-state index contributed by atoms with van der Waals surface area (Å²) >= 11 is 0. The van der Waals surface area contributed by atoms with Gasteiger partial charge < -0.3 is 15.4 Å². The number of carbonyl (C=O) groups is 1. The lowest BCUT2D eigenvalue weighted by molar-refractivity contribution is 0.196. The molecule has 4 heteroatoms. The van der Waals surface area contributed by atoms with E-state index in [0.29, 0.717) is 19.1 Å². The fraction of sp³-hybridized carbons (Fsp3) is 0.667. The Kier molecular flexibility index (Phi) is 4.32. The van der Waals surface area contributed by atoms with Gasteiger partial charge in [0.1, 0.15) is 0 Å². The molecule has 0 bridgehead atoms. The number of urea groups is 1. The first-order chi connectivity index (χ1) is 6.33. The van der Waals surface area contributed by atoms with Crippen molar-refractivity contribution in [1.82, 2.24) is 10.6 Å². The van der Waals surface area contributed by atoms with E-state index in [-0.39, 0.29) is 6.03 Å². The predicted molar refractivity (Wildman–Crippen MR) is 50.3 cm³/mol. The third-order valence-electron chi connectivity index (χ3n) is 1.80. The smallest absolute Gasteiger partial charge is 0.318 e. The minimum absolute atomic E-state index is 0.172. The first kappa shape index (κ1) is 10.1. The largest absolute Gasteiger partial charge is 0.383 e. The molecule has 0 aliphatic heterocycles. The van der Waals surface area contributed by atoms with Gasteiger partial charge >= 0.3 is 6.03 Å². The molecule has 1 rings (SSSR count). The Morgan fingerprint density at radius 3 is 3.00 bits per heavy atom. The molecular weight excluding hydrogens is 168 g/mol. The fourth-order valence-corrected chi connectivity index (χ4v) is 0.866. The number of allylic oxidation sites excluding steroid dienone is 1. The van der Waals surface area contributed by atoms with Gasteiger partial charge in [-0.1, -0.05) is 6.08 Å². The lowest BCUT2D eigenvalue weighted by Crippen LogP contribution is -2.34. The van der Waals surface area contributed by atoms with E-state index in [1.165, 1.54) is 12.8 Å². The van der Waals surface area contributed by atoms with Crippen LogP contribution in [-0.4, -0.2) is 26.3 Å². The highest BCUT2D eigenvalue weighted by Crippen LogP contribution is 2.29. The molecule has 0 unspecified atom stereocenters. The molecule has 0 aromatic carbocycles. The van der Waals surface area contributed by atoms with Gasteiger partial charge in [0, 0.05) is 19.9 Å². The SMILES string of the molecule is COCCNC(=O)N/C=C/C1CC1. The third-order valence-corrected chi connectivity index (χ3v) is 1.80. The van der Waals surface area contributed by atoms with Crippen LogP contribution in [-0.2, 0) is 4.74 Å². The maximum absolute atomic E-state index is 11.0. The van der Waals surface area contributed by atoms with Crippen molar-refractivity contribution in [3.05, 3.63) is 12.3 Å². The van der Waals surface area contributed by atoms with Crippen LogP contribution in [0.4, 0.5) is 4.79 Å². The van der Waals surface area contributed by atoms with Crippen LogP contribution in [0.25, 0.3) is 0 Å². The monoisotopic (exact) mass is 184 g/mol. The highest BCUT2D eigenvalue weighted by molar-refractivity contribution is 5.74. The highest BCUT2D eigenvalue weighted by atomic mass is 16.5. The van der Waals surface area contributed by atoms with Gasteiger partial charge in [0.2, 0.25) is 0 Å². The minimum Gasteiger partial charge on any atom is -0.383 e. The molecule has 74 valence electrons. The molecule has 0 aromatic rings. The van der Waals surface area contributed by atoms with E-state index in [9.17, 15) is 4.79 Å². The topological polar surface area (TPSA) is 50.4 Å². The van der Waals surface area contributed by atoms with Crippen molar-refractivity contribution in [3.63, 3.8) is 0 Å². The lowest BCUT2D eigenvalue weighted by Gasteiger charge is -2.02. The molecule has 1 fully saturated rings. The van der Waals surface area contributed by atoms with Crippen LogP contribution in [0.1, 0.15) is 12.8 Å². The molecule has 0 radical (unpaired) electrons. The van der Waals surface area contributed by atoms with Gasteiger partial charge in [0.15, 0.2) is 0 Å². The highest BCUT2D eigenvalue weighted by Gasteiger charge is 2.16. The summed E-state index contributed by atoms with van der Waals surface area (Å²) in [6.07, 6.45) is 6.24. The number of hydrogen-bond donors (Lipinski definition) is 2. The van der Waals surface area contributed by atoms with E-state index >= 15 is 0 Å². The van der Waals surface area contributed by atoms with Crippen LogP contribution in [0.2, 0.25) is 0 Å². The number of ether oxygens (including phenoxy) is 1. The molecule has 2 N–H and O–H groups in total. The van der Waals surface area contributed by atoms with E-state index < -0.39 is 0 Å². The van der Waals surface area contributed by atoms with Gasteiger partial charge in [-0.2, -0.15) is 0 Å². The molecule has 13 heavy (non-hydrogen) atoms. The second-order valence-corrected chi connectivity index (χ2v) is 3.09. The maximum atomic E-state index is 11.0. The summed E-state index contributed by atoms with van der Waals surface area (Å²) in [5, 5.41) is 5.28. The van der Waals surface area contributed by atoms with Gasteiger partial charge in [-0.15, -0.1) is 0 Å². The molecule has 2 amide bonds. The molecule has 0 saturated heterocycles. The second kappa shape index (κ2) is 5.59. The van der Waals surface area contributed by atoms with Crippen molar-refractivity contribution >= 4 is 6.03 Å². The van der Waals surface area contributed by atoms with Crippen LogP contribution in [0.3, 0.4) is 0 Å². The first-order valence-electron chi connectivity index (χ1n) is 4.53. The standard InChI is InChI=1S/C9H16N2O2/c1-13-7-6-11-9(12)10-5-4-8-2-3-8/h4-5,8H,2-3,6-7H2,1H3,(H2,10,11,12)/b5-4+. The Bertz CT molecular complexity index is 188. The quantitative estimate of drug-likeness (QED) is 0.622. The van der Waals surface area contributed by atoms with Crippen LogP contribution >= 0.6 is 0 Å². The molecule has 0 heterocycles. The number of carbonyl (C=O) groups excluding carboxylic acids is 1. The summed E-state index contributed by atoms with van der Waals surface area (Å²) < 4.78 is 4.78. The fourth-order valence-electron chi connectivity index (χ4n) is 0.866. The average molecular weight is 184 g/mol. The van der Waals surface area contributed by atoms with E-state index in [2.05, 4.69) is 10.6 Å². The van der Waals surface area contributed by atoms with Crippen molar-refractivity contribution in [2.75, 3.05) is 20.3 Å². The predicted octanol–water partition coefficient (Wildman–Crippen LogP) is 0.856. The molecule has 1 aliphatic carbocycles. The number of methoxy groups -OCH3 is 1. The molecule has 0 aromatic heterocycles. The van der Waals surface area contributed by atoms with Crippen molar-refractivity contribution in [1.29, 1.82) is 0 Å². The lowest BCUT2D eigenvalue weighted by atomic mass is 10.4. The van der Waals surface area contributed by atoms with Gasteiger partial charge in [0.05, 0.1) is 6.61 Å². The Hall–Kier alpha value is -1.03. The van der Waals surface area contributed by atoms with Gasteiger partial charge in [-0.25, -0.2) is 4.79 Å². The number of amides is 2. The third kappa shape index (κ3) is 5.25. The van der Waals surface area contributed by atoms with Crippen LogP contribution in [0.5, 0.6) is 0 Å². The number of rotatable bonds is 5. The van der Waals surface area contributed by atoms with E-state index in [1.54, 1.807) is 13.3 Å². The molecule has 1 aliphatic rings. The minimum atomic E-state index is -0.172. The van der Waals surface area contributed by atoms with Crippen molar-refractivity contribution < 1.29 is 9.53 Å². The number of nitrogens with one attached hydrogen (secondary N) is 2. The van der Waals surface area contributed by atoms with Gasteiger partial charge in [-0.05, 0) is 18.8 Å². The Balaban J connectivity index is 1.96. The van der Waals surface area contributed by atoms with Crippen molar-refractivity contribution in [2.24, 2.45) is 5.92 Å². The zero-order valence-corrected chi connectivity index (χ0v) is 7.88. The number of hydrogen-bond acceptors (Lipinski definition) is 2.